The third-order valence-corrected chi connectivity index (χ3v) is 2.45. The molecule has 0 aliphatic carbocycles. The fourth-order valence-corrected chi connectivity index (χ4v) is 1.57. The van der Waals surface area contributed by atoms with Crippen LogP contribution < -0.4 is 10.3 Å². The Morgan fingerprint density at radius 2 is 2.05 bits per heavy atom. The van der Waals surface area contributed by atoms with Gasteiger partial charge in [0.1, 0.15) is 0 Å². The number of halogens is 3. The van der Waals surface area contributed by atoms with Gasteiger partial charge in [-0.25, -0.2) is 4.98 Å². The van der Waals surface area contributed by atoms with Crippen molar-refractivity contribution in [2.24, 2.45) is 0 Å². The van der Waals surface area contributed by atoms with Gasteiger partial charge in [0, 0.05) is 18.1 Å². The topological polar surface area (TPSA) is 44.1 Å². The van der Waals surface area contributed by atoms with Crippen molar-refractivity contribution < 1.29 is 17.9 Å². The van der Waals surface area contributed by atoms with Gasteiger partial charge in [-0.15, -0.1) is 0 Å². The standard InChI is InChI=1S/C12H9F3N2O2/c1-19-10-11(18)17(6-5-16-10)9-4-2-3-8(7-9)12(13,14)15/h2-7H,1H3. The summed E-state index contributed by atoms with van der Waals surface area (Å²) >= 11 is 0. The summed E-state index contributed by atoms with van der Waals surface area (Å²) in [7, 11) is 1.26. The van der Waals surface area contributed by atoms with Crippen molar-refractivity contribution >= 4 is 0 Å². The number of methoxy groups -OCH3 is 1. The van der Waals surface area contributed by atoms with Gasteiger partial charge in [0.2, 0.25) is 0 Å². The van der Waals surface area contributed by atoms with E-state index in [1.165, 1.54) is 31.6 Å². The second kappa shape index (κ2) is 4.75. The number of alkyl halides is 3. The number of hydrogen-bond acceptors (Lipinski definition) is 3. The van der Waals surface area contributed by atoms with Crippen LogP contribution in [0.3, 0.4) is 0 Å². The molecule has 2 rings (SSSR count). The van der Waals surface area contributed by atoms with E-state index in [2.05, 4.69) is 4.98 Å². The summed E-state index contributed by atoms with van der Waals surface area (Å²) in [5.74, 6) is -0.181. The molecule has 0 radical (unpaired) electrons. The van der Waals surface area contributed by atoms with E-state index in [4.69, 9.17) is 4.74 Å². The zero-order chi connectivity index (χ0) is 14.0. The van der Waals surface area contributed by atoms with Gasteiger partial charge in [0.15, 0.2) is 0 Å². The Morgan fingerprint density at radius 1 is 1.32 bits per heavy atom. The molecule has 0 amide bonds. The van der Waals surface area contributed by atoms with Gasteiger partial charge in [0.25, 0.3) is 5.88 Å². The minimum atomic E-state index is -4.46. The van der Waals surface area contributed by atoms with Crippen molar-refractivity contribution in [3.8, 4) is 11.6 Å². The van der Waals surface area contributed by atoms with Crippen molar-refractivity contribution in [3.05, 3.63) is 52.6 Å². The first kappa shape index (κ1) is 13.1. The summed E-state index contributed by atoms with van der Waals surface area (Å²) in [4.78, 5) is 15.5. The lowest BCUT2D eigenvalue weighted by molar-refractivity contribution is -0.137. The number of nitrogens with zero attached hydrogens (tertiary/aromatic N) is 2. The molecule has 1 aromatic carbocycles. The van der Waals surface area contributed by atoms with Crippen LogP contribution in [0.5, 0.6) is 5.88 Å². The first-order chi connectivity index (χ1) is 8.93. The largest absolute Gasteiger partial charge is 0.477 e. The van der Waals surface area contributed by atoms with E-state index in [1.54, 1.807) is 0 Å². The van der Waals surface area contributed by atoms with Gasteiger partial charge >= 0.3 is 11.7 Å². The molecule has 0 fully saturated rings. The first-order valence-electron chi connectivity index (χ1n) is 5.23. The van der Waals surface area contributed by atoms with Crippen LogP contribution in [0, 0.1) is 0 Å². The monoisotopic (exact) mass is 270 g/mol. The van der Waals surface area contributed by atoms with Gasteiger partial charge in [0.05, 0.1) is 12.7 Å². The zero-order valence-electron chi connectivity index (χ0n) is 9.81. The summed E-state index contributed by atoms with van der Waals surface area (Å²) in [6.07, 6.45) is -1.91. The summed E-state index contributed by atoms with van der Waals surface area (Å²) in [5, 5.41) is 0. The molecule has 0 unspecified atom stereocenters. The van der Waals surface area contributed by atoms with Crippen molar-refractivity contribution in [2.45, 2.75) is 6.18 Å². The van der Waals surface area contributed by atoms with Crippen molar-refractivity contribution in [1.29, 1.82) is 0 Å². The predicted octanol–water partition coefficient (Wildman–Crippen LogP) is 2.26. The van der Waals surface area contributed by atoms with Crippen LogP contribution in [0.1, 0.15) is 5.56 Å². The SMILES string of the molecule is COc1nccn(-c2cccc(C(F)(F)F)c2)c1=O. The van der Waals surface area contributed by atoms with Crippen LogP contribution in [0.2, 0.25) is 0 Å². The van der Waals surface area contributed by atoms with E-state index >= 15 is 0 Å². The Hall–Kier alpha value is -2.31. The molecule has 100 valence electrons. The lowest BCUT2D eigenvalue weighted by atomic mass is 10.2. The highest BCUT2D eigenvalue weighted by Crippen LogP contribution is 2.30. The van der Waals surface area contributed by atoms with Gasteiger partial charge in [-0.05, 0) is 18.2 Å². The summed E-state index contributed by atoms with van der Waals surface area (Å²) in [5.41, 5.74) is -1.35. The second-order valence-electron chi connectivity index (χ2n) is 3.66. The van der Waals surface area contributed by atoms with Gasteiger partial charge in [-0.3, -0.25) is 9.36 Å². The van der Waals surface area contributed by atoms with Crippen molar-refractivity contribution in [3.63, 3.8) is 0 Å². The average molecular weight is 270 g/mol. The number of rotatable bonds is 2. The highest BCUT2D eigenvalue weighted by atomic mass is 19.4. The summed E-state index contributed by atoms with van der Waals surface area (Å²) in [6, 6.07) is 4.46. The minimum Gasteiger partial charge on any atom is -0.477 e. The van der Waals surface area contributed by atoms with E-state index in [1.807, 2.05) is 0 Å². The predicted molar refractivity (Wildman–Crippen MR) is 61.4 cm³/mol. The fraction of sp³-hybridized carbons (Fsp3) is 0.167. The third-order valence-electron chi connectivity index (χ3n) is 2.45. The molecule has 0 bridgehead atoms. The van der Waals surface area contributed by atoms with Crippen LogP contribution >= 0.6 is 0 Å². The molecule has 0 N–H and O–H groups in total. The molecule has 0 atom stereocenters. The highest BCUT2D eigenvalue weighted by Gasteiger charge is 2.30. The van der Waals surface area contributed by atoms with E-state index < -0.39 is 17.3 Å². The number of aromatic nitrogens is 2. The first-order valence-corrected chi connectivity index (χ1v) is 5.23. The molecular formula is C12H9F3N2O2. The molecule has 0 saturated heterocycles. The summed E-state index contributed by atoms with van der Waals surface area (Å²) in [6.45, 7) is 0. The summed E-state index contributed by atoms with van der Waals surface area (Å²) < 4.78 is 43.6. The van der Waals surface area contributed by atoms with Crippen molar-refractivity contribution in [2.75, 3.05) is 7.11 Å². The quantitative estimate of drug-likeness (QED) is 0.840. The van der Waals surface area contributed by atoms with E-state index in [-0.39, 0.29) is 11.6 Å². The number of ether oxygens (including phenoxy) is 1. The Morgan fingerprint density at radius 3 is 2.68 bits per heavy atom. The Balaban J connectivity index is 2.57. The van der Waals surface area contributed by atoms with Crippen LogP contribution in [-0.2, 0) is 6.18 Å². The maximum atomic E-state index is 12.6. The van der Waals surface area contributed by atoms with E-state index in [0.29, 0.717) is 0 Å². The molecule has 7 heteroatoms. The maximum absolute atomic E-state index is 12.6. The lowest BCUT2D eigenvalue weighted by Crippen LogP contribution is -2.20. The number of hydrogen-bond donors (Lipinski definition) is 0. The molecule has 0 spiro atoms. The number of benzene rings is 1. The molecule has 4 nitrogen and oxygen atoms in total. The van der Waals surface area contributed by atoms with Crippen LogP contribution in [-0.4, -0.2) is 16.7 Å². The zero-order valence-corrected chi connectivity index (χ0v) is 9.81. The molecular weight excluding hydrogens is 261 g/mol. The Labute approximate surface area is 106 Å². The molecule has 0 saturated carbocycles. The molecule has 19 heavy (non-hydrogen) atoms. The highest BCUT2D eigenvalue weighted by molar-refractivity contribution is 5.37. The van der Waals surface area contributed by atoms with Crippen LogP contribution in [0.15, 0.2) is 41.5 Å². The average Bonchev–Trinajstić information content (AvgIpc) is 2.38. The minimum absolute atomic E-state index is 0.0977. The molecule has 2 aromatic rings. The Bertz CT molecular complexity index is 650. The van der Waals surface area contributed by atoms with Gasteiger partial charge in [-0.1, -0.05) is 6.07 Å². The second-order valence-corrected chi connectivity index (χ2v) is 3.66. The molecule has 0 aliphatic rings. The van der Waals surface area contributed by atoms with Crippen LogP contribution in [0.25, 0.3) is 5.69 Å². The maximum Gasteiger partial charge on any atom is 0.416 e. The van der Waals surface area contributed by atoms with E-state index in [9.17, 15) is 18.0 Å². The Kier molecular flexibility index (Phi) is 3.28. The molecule has 1 aromatic heterocycles. The third kappa shape index (κ3) is 2.59. The van der Waals surface area contributed by atoms with Crippen molar-refractivity contribution in [1.82, 2.24) is 9.55 Å². The van der Waals surface area contributed by atoms with E-state index in [0.717, 1.165) is 16.7 Å². The van der Waals surface area contributed by atoms with Gasteiger partial charge in [-0.2, -0.15) is 13.2 Å². The smallest absolute Gasteiger partial charge is 0.416 e. The fourth-order valence-electron chi connectivity index (χ4n) is 1.57. The lowest BCUT2D eigenvalue weighted by Gasteiger charge is -2.10. The molecule has 0 aliphatic heterocycles. The van der Waals surface area contributed by atoms with Crippen LogP contribution in [0.4, 0.5) is 13.2 Å². The normalized spacial score (nSPS) is 11.4. The van der Waals surface area contributed by atoms with Gasteiger partial charge < -0.3 is 4.74 Å². The molecule has 1 heterocycles.